The summed E-state index contributed by atoms with van der Waals surface area (Å²) in [6.07, 6.45) is 3.95. The average molecular weight is 292 g/mol. The molecule has 0 bridgehead atoms. The molecule has 2 amide bonds. The molecule has 0 unspecified atom stereocenters. The van der Waals surface area contributed by atoms with E-state index in [1.807, 2.05) is 0 Å². The molecule has 1 saturated carbocycles. The summed E-state index contributed by atoms with van der Waals surface area (Å²) >= 11 is 0. The fourth-order valence-electron chi connectivity index (χ4n) is 2.84. The Labute approximate surface area is 124 Å². The molecule has 0 aromatic heterocycles. The first-order valence-corrected chi connectivity index (χ1v) is 7.31. The van der Waals surface area contributed by atoms with Gasteiger partial charge in [-0.15, -0.1) is 0 Å². The molecule has 1 atom stereocenters. The van der Waals surface area contributed by atoms with Crippen molar-refractivity contribution in [1.82, 2.24) is 5.32 Å². The molecule has 2 rings (SSSR count). The second kappa shape index (κ2) is 6.70. The van der Waals surface area contributed by atoms with E-state index >= 15 is 0 Å². The van der Waals surface area contributed by atoms with Crippen molar-refractivity contribution in [1.29, 1.82) is 0 Å². The van der Waals surface area contributed by atoms with Crippen LogP contribution in [0.15, 0.2) is 18.2 Å². The van der Waals surface area contributed by atoms with E-state index in [9.17, 15) is 14.0 Å². The van der Waals surface area contributed by atoms with Gasteiger partial charge in [-0.25, -0.2) is 4.39 Å². The quantitative estimate of drug-likeness (QED) is 0.896. The van der Waals surface area contributed by atoms with Gasteiger partial charge in [-0.1, -0.05) is 18.9 Å². The predicted molar refractivity (Wildman–Crippen MR) is 79.3 cm³/mol. The van der Waals surface area contributed by atoms with Crippen LogP contribution < -0.4 is 10.6 Å². The van der Waals surface area contributed by atoms with Crippen molar-refractivity contribution in [3.63, 3.8) is 0 Å². The Balaban J connectivity index is 2.11. The number of benzene rings is 1. The lowest BCUT2D eigenvalue weighted by molar-refractivity contribution is -0.126. The van der Waals surface area contributed by atoms with Crippen molar-refractivity contribution in [3.8, 4) is 0 Å². The molecule has 1 aliphatic carbocycles. The number of rotatable bonds is 4. The van der Waals surface area contributed by atoms with Crippen LogP contribution in [0, 0.1) is 18.7 Å². The molecule has 0 radical (unpaired) electrons. The third-order valence-corrected chi connectivity index (χ3v) is 3.89. The second-order valence-electron chi connectivity index (χ2n) is 5.70. The molecular formula is C16H21FN2O2. The molecule has 2 N–H and O–H groups in total. The van der Waals surface area contributed by atoms with E-state index in [0.717, 1.165) is 31.2 Å². The van der Waals surface area contributed by atoms with E-state index in [1.165, 1.54) is 13.0 Å². The maximum atomic E-state index is 13.8. The molecule has 0 saturated heterocycles. The molecule has 1 fully saturated rings. The summed E-state index contributed by atoms with van der Waals surface area (Å²) in [5.74, 6) is -0.926. The number of nitrogens with one attached hydrogen (secondary N) is 2. The minimum Gasteiger partial charge on any atom is -0.344 e. The normalized spacial score (nSPS) is 16.5. The van der Waals surface area contributed by atoms with Gasteiger partial charge in [-0.05, 0) is 43.4 Å². The Kier molecular flexibility index (Phi) is 4.94. The highest BCUT2D eigenvalue weighted by atomic mass is 19.1. The smallest absolute Gasteiger partial charge is 0.247 e. The van der Waals surface area contributed by atoms with Gasteiger partial charge in [-0.2, -0.15) is 0 Å². The summed E-state index contributed by atoms with van der Waals surface area (Å²) in [5.41, 5.74) is 0.943. The standard InChI is InChI=1S/C16H21FN2O2/c1-10-7-8-14(13(17)9-10)19-16(21)15(18-11(2)20)12-5-3-4-6-12/h7-9,12,15H,3-6H2,1-2H3,(H,18,20)(H,19,21)/t15-/m1/s1. The van der Waals surface area contributed by atoms with Gasteiger partial charge in [0.1, 0.15) is 11.9 Å². The Morgan fingerprint density at radius 3 is 2.52 bits per heavy atom. The molecule has 0 aliphatic heterocycles. The van der Waals surface area contributed by atoms with Crippen molar-refractivity contribution >= 4 is 17.5 Å². The van der Waals surface area contributed by atoms with Crippen molar-refractivity contribution in [2.24, 2.45) is 5.92 Å². The molecule has 5 heteroatoms. The monoisotopic (exact) mass is 292 g/mol. The highest BCUT2D eigenvalue weighted by molar-refractivity contribution is 5.97. The molecular weight excluding hydrogens is 271 g/mol. The topological polar surface area (TPSA) is 58.2 Å². The second-order valence-corrected chi connectivity index (χ2v) is 5.70. The SMILES string of the molecule is CC(=O)N[C@@H](C(=O)Nc1ccc(C)cc1F)C1CCCC1. The van der Waals surface area contributed by atoms with Crippen molar-refractivity contribution in [2.45, 2.75) is 45.6 Å². The first-order chi connectivity index (χ1) is 9.97. The fraction of sp³-hybridized carbons (Fsp3) is 0.500. The zero-order valence-corrected chi connectivity index (χ0v) is 12.4. The first kappa shape index (κ1) is 15.5. The van der Waals surface area contributed by atoms with Crippen LogP contribution in [0.2, 0.25) is 0 Å². The number of carbonyl (C=O) groups is 2. The third-order valence-electron chi connectivity index (χ3n) is 3.89. The van der Waals surface area contributed by atoms with Crippen LogP contribution in [0.25, 0.3) is 0 Å². The lowest BCUT2D eigenvalue weighted by Gasteiger charge is -2.23. The Bertz CT molecular complexity index is 539. The number of amides is 2. The maximum Gasteiger partial charge on any atom is 0.247 e. The Morgan fingerprint density at radius 1 is 1.29 bits per heavy atom. The van der Waals surface area contributed by atoms with Crippen molar-refractivity contribution in [3.05, 3.63) is 29.6 Å². The number of aryl methyl sites for hydroxylation is 1. The van der Waals surface area contributed by atoms with Crippen LogP contribution in [0.3, 0.4) is 0 Å². The maximum absolute atomic E-state index is 13.8. The summed E-state index contributed by atoms with van der Waals surface area (Å²) in [4.78, 5) is 23.7. The van der Waals surface area contributed by atoms with Gasteiger partial charge >= 0.3 is 0 Å². The molecule has 0 heterocycles. The predicted octanol–water partition coefficient (Wildman–Crippen LogP) is 2.77. The molecule has 1 aliphatic rings. The largest absolute Gasteiger partial charge is 0.344 e. The van der Waals surface area contributed by atoms with E-state index in [-0.39, 0.29) is 23.4 Å². The van der Waals surface area contributed by atoms with Gasteiger partial charge in [0, 0.05) is 6.92 Å². The van der Waals surface area contributed by atoms with Gasteiger partial charge in [-0.3, -0.25) is 9.59 Å². The van der Waals surface area contributed by atoms with Gasteiger partial charge in [0.05, 0.1) is 5.69 Å². The lowest BCUT2D eigenvalue weighted by atomic mass is 9.97. The number of anilines is 1. The molecule has 0 spiro atoms. The first-order valence-electron chi connectivity index (χ1n) is 7.31. The Morgan fingerprint density at radius 2 is 1.95 bits per heavy atom. The van der Waals surface area contributed by atoms with E-state index in [4.69, 9.17) is 0 Å². The van der Waals surface area contributed by atoms with E-state index in [0.29, 0.717) is 0 Å². The van der Waals surface area contributed by atoms with Crippen molar-refractivity contribution in [2.75, 3.05) is 5.32 Å². The third kappa shape index (κ3) is 4.03. The van der Waals surface area contributed by atoms with Gasteiger partial charge < -0.3 is 10.6 Å². The Hall–Kier alpha value is -1.91. The summed E-state index contributed by atoms with van der Waals surface area (Å²) in [7, 11) is 0. The highest BCUT2D eigenvalue weighted by Crippen LogP contribution is 2.28. The number of carbonyl (C=O) groups excluding carboxylic acids is 2. The molecule has 21 heavy (non-hydrogen) atoms. The van der Waals surface area contributed by atoms with E-state index in [1.54, 1.807) is 19.1 Å². The van der Waals surface area contributed by atoms with Crippen LogP contribution in [-0.4, -0.2) is 17.9 Å². The number of hydrogen-bond donors (Lipinski definition) is 2. The number of halogens is 1. The highest BCUT2D eigenvalue weighted by Gasteiger charge is 2.31. The summed E-state index contributed by atoms with van der Waals surface area (Å²) in [5, 5.41) is 5.29. The molecule has 114 valence electrons. The summed E-state index contributed by atoms with van der Waals surface area (Å²) in [6, 6.07) is 4.06. The van der Waals surface area contributed by atoms with E-state index < -0.39 is 11.9 Å². The molecule has 1 aromatic carbocycles. The zero-order valence-electron chi connectivity index (χ0n) is 12.4. The minimum absolute atomic E-state index is 0.127. The zero-order chi connectivity index (χ0) is 15.4. The van der Waals surface area contributed by atoms with Crippen LogP contribution >= 0.6 is 0 Å². The van der Waals surface area contributed by atoms with Crippen LogP contribution in [0.5, 0.6) is 0 Å². The van der Waals surface area contributed by atoms with Gasteiger partial charge in [0.2, 0.25) is 11.8 Å². The average Bonchev–Trinajstić information content (AvgIpc) is 2.92. The van der Waals surface area contributed by atoms with Crippen molar-refractivity contribution < 1.29 is 14.0 Å². The van der Waals surface area contributed by atoms with Gasteiger partial charge in [0.25, 0.3) is 0 Å². The van der Waals surface area contributed by atoms with E-state index in [2.05, 4.69) is 10.6 Å². The van der Waals surface area contributed by atoms with Crippen LogP contribution in [0.1, 0.15) is 38.2 Å². The van der Waals surface area contributed by atoms with Crippen LogP contribution in [-0.2, 0) is 9.59 Å². The van der Waals surface area contributed by atoms with Crippen LogP contribution in [0.4, 0.5) is 10.1 Å². The fourth-order valence-corrected chi connectivity index (χ4v) is 2.84. The molecule has 1 aromatic rings. The summed E-state index contributed by atoms with van der Waals surface area (Å²) < 4.78 is 13.8. The van der Waals surface area contributed by atoms with Gasteiger partial charge in [0.15, 0.2) is 0 Å². The number of hydrogen-bond acceptors (Lipinski definition) is 2. The lowest BCUT2D eigenvalue weighted by Crippen LogP contribution is -2.47. The minimum atomic E-state index is -0.592. The molecule has 4 nitrogen and oxygen atoms in total. The summed E-state index contributed by atoms with van der Waals surface area (Å²) in [6.45, 7) is 3.18.